The number of nitrogens with zero attached hydrogens (tertiary/aromatic N) is 2. The molecule has 0 bridgehead atoms. The maximum Gasteiger partial charge on any atom is 0.221 e. The van der Waals surface area contributed by atoms with Gasteiger partial charge < -0.3 is 14.3 Å². The minimum atomic E-state index is -0.444. The van der Waals surface area contributed by atoms with Crippen molar-refractivity contribution in [3.05, 3.63) is 88.7 Å². The number of rotatable bonds is 8. The number of oxime groups is 1. The maximum atomic E-state index is 14.2. The van der Waals surface area contributed by atoms with Gasteiger partial charge in [0.1, 0.15) is 36.9 Å². The average Bonchev–Trinajstić information content (AvgIpc) is 3.33. The van der Waals surface area contributed by atoms with E-state index in [-0.39, 0.29) is 28.6 Å². The molecule has 34 heavy (non-hydrogen) atoms. The molecule has 0 N–H and O–H groups in total. The van der Waals surface area contributed by atoms with Gasteiger partial charge in [0.25, 0.3) is 0 Å². The fraction of sp³-hybridized carbons (Fsp3) is 0.259. The van der Waals surface area contributed by atoms with E-state index in [0.717, 1.165) is 28.2 Å². The van der Waals surface area contributed by atoms with Gasteiger partial charge in [0.05, 0.1) is 16.3 Å². The summed E-state index contributed by atoms with van der Waals surface area (Å²) in [6.07, 6.45) is -0.185. The summed E-state index contributed by atoms with van der Waals surface area (Å²) in [5.41, 5.74) is 4.11. The summed E-state index contributed by atoms with van der Waals surface area (Å²) in [6.45, 7) is 6.57. The lowest BCUT2D eigenvalue weighted by Gasteiger charge is -2.14. The lowest BCUT2D eigenvalue weighted by molar-refractivity contribution is 0.153. The van der Waals surface area contributed by atoms with E-state index < -0.39 is 5.82 Å². The Balaban J connectivity index is 1.43. The van der Waals surface area contributed by atoms with Crippen LogP contribution in [0.1, 0.15) is 37.9 Å². The molecule has 2 atom stereocenters. The molecule has 2 unspecified atom stereocenters. The SMILES string of the molecule is CCO/N=C(\C)C(C)Oc1ccc(-c2ccc(C3COC(c4c(F)cccc4Cl)=N3)cc2)cc1. The van der Waals surface area contributed by atoms with Crippen molar-refractivity contribution in [1.82, 2.24) is 0 Å². The Hall–Kier alpha value is -3.38. The highest BCUT2D eigenvalue weighted by Gasteiger charge is 2.25. The minimum absolute atomic E-state index is 0.185. The summed E-state index contributed by atoms with van der Waals surface area (Å²) in [6, 6.07) is 20.3. The predicted molar refractivity (Wildman–Crippen MR) is 133 cm³/mol. The van der Waals surface area contributed by atoms with Crippen LogP contribution >= 0.6 is 11.6 Å². The van der Waals surface area contributed by atoms with Gasteiger partial charge in [0.15, 0.2) is 0 Å². The molecule has 1 aliphatic rings. The molecule has 0 aliphatic carbocycles. The molecule has 0 spiro atoms. The number of benzene rings is 3. The van der Waals surface area contributed by atoms with Gasteiger partial charge in [-0.1, -0.05) is 59.2 Å². The van der Waals surface area contributed by atoms with E-state index in [1.54, 1.807) is 12.1 Å². The van der Waals surface area contributed by atoms with Crippen LogP contribution in [-0.2, 0) is 9.57 Å². The van der Waals surface area contributed by atoms with Crippen molar-refractivity contribution in [1.29, 1.82) is 0 Å². The van der Waals surface area contributed by atoms with E-state index in [2.05, 4.69) is 10.1 Å². The van der Waals surface area contributed by atoms with E-state index in [1.165, 1.54) is 6.07 Å². The zero-order valence-electron chi connectivity index (χ0n) is 19.3. The minimum Gasteiger partial charge on any atom is -0.485 e. The third-order valence-electron chi connectivity index (χ3n) is 5.55. The van der Waals surface area contributed by atoms with Gasteiger partial charge in [-0.05, 0) is 61.7 Å². The maximum absolute atomic E-state index is 14.2. The van der Waals surface area contributed by atoms with E-state index in [1.807, 2.05) is 69.3 Å². The van der Waals surface area contributed by atoms with Gasteiger partial charge in [-0.3, -0.25) is 0 Å². The highest BCUT2D eigenvalue weighted by atomic mass is 35.5. The van der Waals surface area contributed by atoms with Crippen LogP contribution in [-0.4, -0.2) is 30.9 Å². The number of hydrogen-bond acceptors (Lipinski definition) is 5. The van der Waals surface area contributed by atoms with Crippen molar-refractivity contribution in [2.75, 3.05) is 13.2 Å². The van der Waals surface area contributed by atoms with Gasteiger partial charge in [-0.2, -0.15) is 0 Å². The monoisotopic (exact) mass is 480 g/mol. The highest BCUT2D eigenvalue weighted by Crippen LogP contribution is 2.31. The second-order valence-corrected chi connectivity index (χ2v) is 8.32. The Kier molecular flexibility index (Phi) is 7.48. The number of halogens is 2. The summed E-state index contributed by atoms with van der Waals surface area (Å²) >= 11 is 6.15. The van der Waals surface area contributed by atoms with Crippen LogP contribution in [0.4, 0.5) is 4.39 Å². The molecule has 0 saturated carbocycles. The Morgan fingerprint density at radius 2 is 1.79 bits per heavy atom. The first-order chi connectivity index (χ1) is 16.5. The molecule has 7 heteroatoms. The zero-order chi connectivity index (χ0) is 24.1. The molecule has 3 aromatic carbocycles. The Bertz CT molecular complexity index is 1170. The molecular formula is C27H26ClFN2O3. The van der Waals surface area contributed by atoms with Crippen LogP contribution in [0, 0.1) is 5.82 Å². The van der Waals surface area contributed by atoms with E-state index >= 15 is 0 Å². The van der Waals surface area contributed by atoms with E-state index in [4.69, 9.17) is 25.9 Å². The van der Waals surface area contributed by atoms with Gasteiger partial charge in [0.2, 0.25) is 5.90 Å². The molecule has 3 aromatic rings. The van der Waals surface area contributed by atoms with Crippen molar-refractivity contribution in [3.63, 3.8) is 0 Å². The summed E-state index contributed by atoms with van der Waals surface area (Å²) in [4.78, 5) is 9.65. The normalized spacial score (nSPS) is 16.6. The third-order valence-corrected chi connectivity index (χ3v) is 5.86. The summed E-state index contributed by atoms with van der Waals surface area (Å²) in [5, 5.41) is 4.31. The summed E-state index contributed by atoms with van der Waals surface area (Å²) in [7, 11) is 0. The van der Waals surface area contributed by atoms with Crippen molar-refractivity contribution in [2.45, 2.75) is 32.9 Å². The molecule has 5 nitrogen and oxygen atoms in total. The first kappa shape index (κ1) is 23.8. The second-order valence-electron chi connectivity index (χ2n) is 7.91. The fourth-order valence-corrected chi connectivity index (χ4v) is 3.78. The lowest BCUT2D eigenvalue weighted by atomic mass is 10.0. The quantitative estimate of drug-likeness (QED) is 0.262. The predicted octanol–water partition coefficient (Wildman–Crippen LogP) is 6.84. The molecular weight excluding hydrogens is 455 g/mol. The Labute approximate surface area is 203 Å². The van der Waals surface area contributed by atoms with E-state index in [9.17, 15) is 4.39 Å². The largest absolute Gasteiger partial charge is 0.485 e. The Morgan fingerprint density at radius 3 is 2.44 bits per heavy atom. The van der Waals surface area contributed by atoms with Gasteiger partial charge in [-0.15, -0.1) is 0 Å². The fourth-order valence-electron chi connectivity index (χ4n) is 3.54. The van der Waals surface area contributed by atoms with Crippen LogP contribution < -0.4 is 4.74 Å². The van der Waals surface area contributed by atoms with Gasteiger partial charge in [-0.25, -0.2) is 9.38 Å². The van der Waals surface area contributed by atoms with Crippen LogP contribution in [0.15, 0.2) is 76.9 Å². The van der Waals surface area contributed by atoms with Crippen molar-refractivity contribution in [3.8, 4) is 16.9 Å². The van der Waals surface area contributed by atoms with Crippen molar-refractivity contribution < 1.29 is 18.7 Å². The van der Waals surface area contributed by atoms with Crippen LogP contribution in [0.2, 0.25) is 5.02 Å². The van der Waals surface area contributed by atoms with Crippen LogP contribution in [0.3, 0.4) is 0 Å². The molecule has 0 amide bonds. The van der Waals surface area contributed by atoms with Crippen LogP contribution in [0.5, 0.6) is 5.75 Å². The molecule has 176 valence electrons. The second kappa shape index (κ2) is 10.7. The molecule has 0 aromatic heterocycles. The van der Waals surface area contributed by atoms with Crippen molar-refractivity contribution in [2.24, 2.45) is 10.1 Å². The summed E-state index contributed by atoms with van der Waals surface area (Å²) in [5.74, 6) is 0.556. The Morgan fingerprint density at radius 1 is 1.12 bits per heavy atom. The van der Waals surface area contributed by atoms with Crippen LogP contribution in [0.25, 0.3) is 11.1 Å². The molecule has 1 aliphatic heterocycles. The first-order valence-corrected chi connectivity index (χ1v) is 11.5. The molecule has 0 radical (unpaired) electrons. The molecule has 0 saturated heterocycles. The standard InChI is InChI=1S/C27H26ClFN2O3/c1-4-33-31-17(2)18(3)34-22-14-12-20(13-15-22)19-8-10-21(11-9-19)25-16-32-27(30-25)26-23(28)6-5-7-24(26)29/h5-15,18,25H,4,16H2,1-3H3/b31-17+. The van der Waals surface area contributed by atoms with Gasteiger partial charge in [0, 0.05) is 0 Å². The summed E-state index contributed by atoms with van der Waals surface area (Å²) < 4.78 is 25.8. The average molecular weight is 481 g/mol. The molecule has 1 heterocycles. The number of ether oxygens (including phenoxy) is 2. The molecule has 4 rings (SSSR count). The number of hydrogen-bond donors (Lipinski definition) is 0. The molecule has 0 fully saturated rings. The highest BCUT2D eigenvalue weighted by molar-refractivity contribution is 6.33. The van der Waals surface area contributed by atoms with Crippen molar-refractivity contribution >= 4 is 23.2 Å². The lowest BCUT2D eigenvalue weighted by Crippen LogP contribution is -2.21. The smallest absolute Gasteiger partial charge is 0.221 e. The van der Waals surface area contributed by atoms with Gasteiger partial charge >= 0.3 is 0 Å². The topological polar surface area (TPSA) is 52.4 Å². The number of aliphatic imine (C=N–C) groups is 1. The zero-order valence-corrected chi connectivity index (χ0v) is 20.1. The van der Waals surface area contributed by atoms with E-state index in [0.29, 0.717) is 13.2 Å². The third kappa shape index (κ3) is 5.39. The first-order valence-electron chi connectivity index (χ1n) is 11.1.